The zero-order chi connectivity index (χ0) is 36.0. The van der Waals surface area contributed by atoms with Gasteiger partial charge < -0.3 is 15.0 Å². The third-order valence-electron chi connectivity index (χ3n) is 10.2. The summed E-state index contributed by atoms with van der Waals surface area (Å²) in [5.41, 5.74) is 0.882. The molecule has 1 atom stereocenters. The van der Waals surface area contributed by atoms with E-state index in [0.717, 1.165) is 16.7 Å². The fourth-order valence-electron chi connectivity index (χ4n) is 7.14. The van der Waals surface area contributed by atoms with Gasteiger partial charge in [0.15, 0.2) is 0 Å². The number of carbonyl (C=O) groups excluding carboxylic acids is 2. The molecule has 2 aromatic carbocycles. The van der Waals surface area contributed by atoms with E-state index in [2.05, 4.69) is 20.0 Å². The molecule has 2 fully saturated rings. The van der Waals surface area contributed by atoms with Crippen molar-refractivity contribution in [3.8, 4) is 17.1 Å². The summed E-state index contributed by atoms with van der Waals surface area (Å²) in [6, 6.07) is 11.0. The van der Waals surface area contributed by atoms with Crippen molar-refractivity contribution >= 4 is 27.8 Å². The van der Waals surface area contributed by atoms with Gasteiger partial charge in [-0.25, -0.2) is 18.1 Å². The van der Waals surface area contributed by atoms with Crippen molar-refractivity contribution < 1.29 is 35.9 Å². The molecule has 4 bridgehead atoms. The summed E-state index contributed by atoms with van der Waals surface area (Å²) < 4.78 is 79.5. The summed E-state index contributed by atoms with van der Waals surface area (Å²) in [6.07, 6.45) is -3.09. The Kier molecular flexibility index (Phi) is 9.61. The predicted octanol–water partition coefficient (Wildman–Crippen LogP) is 6.58. The molecule has 2 heterocycles. The third-order valence-corrected chi connectivity index (χ3v) is 11.5. The minimum atomic E-state index is -4.49. The van der Waals surface area contributed by atoms with E-state index < -0.39 is 39.6 Å². The molecule has 0 saturated heterocycles. The van der Waals surface area contributed by atoms with Crippen molar-refractivity contribution in [2.45, 2.75) is 102 Å². The van der Waals surface area contributed by atoms with Gasteiger partial charge in [-0.3, -0.25) is 9.59 Å². The molecule has 6 rings (SSSR count). The lowest BCUT2D eigenvalue weighted by Gasteiger charge is -2.43. The number of ether oxygens (including phenoxy) is 1. The predicted molar refractivity (Wildman–Crippen MR) is 181 cm³/mol. The number of nitrogens with one attached hydrogen (secondary N) is 2. The molecule has 1 aliphatic heterocycles. The number of aryl methyl sites for hydroxylation is 2. The second-order valence-corrected chi connectivity index (χ2v) is 15.8. The van der Waals surface area contributed by atoms with Crippen LogP contribution in [0.2, 0.25) is 0 Å². The van der Waals surface area contributed by atoms with Gasteiger partial charge in [0.1, 0.15) is 6.61 Å². The minimum Gasteiger partial charge on any atom is -0.475 e. The van der Waals surface area contributed by atoms with Crippen LogP contribution in [0.5, 0.6) is 5.88 Å². The number of alkyl halides is 3. The van der Waals surface area contributed by atoms with Crippen LogP contribution in [0.3, 0.4) is 0 Å². The number of aromatic nitrogens is 2. The largest absolute Gasteiger partial charge is 0.475 e. The van der Waals surface area contributed by atoms with Crippen LogP contribution >= 0.6 is 0 Å². The summed E-state index contributed by atoms with van der Waals surface area (Å²) in [4.78, 5) is 37.0. The summed E-state index contributed by atoms with van der Waals surface area (Å²) in [7, 11) is -4.31. The average Bonchev–Trinajstić information content (AvgIpc) is 3.85. The molecular formula is C36H42F3N5O5S. The Morgan fingerprint density at radius 2 is 1.70 bits per heavy atom. The zero-order valence-electron chi connectivity index (χ0n) is 28.5. The lowest BCUT2D eigenvalue weighted by molar-refractivity contribution is -0.193. The smallest absolute Gasteiger partial charge is 0.394 e. The number of carbonyl (C=O) groups is 2. The first-order valence-corrected chi connectivity index (χ1v) is 18.5. The van der Waals surface area contributed by atoms with E-state index in [4.69, 9.17) is 4.74 Å². The van der Waals surface area contributed by atoms with Gasteiger partial charge in [-0.05, 0) is 88.1 Å². The second kappa shape index (κ2) is 13.5. The van der Waals surface area contributed by atoms with Crippen molar-refractivity contribution in [2.75, 3.05) is 11.3 Å². The molecule has 2 saturated carbocycles. The van der Waals surface area contributed by atoms with E-state index in [1.54, 1.807) is 13.8 Å². The van der Waals surface area contributed by atoms with Crippen molar-refractivity contribution in [2.24, 2.45) is 11.3 Å². The Morgan fingerprint density at radius 1 is 1.04 bits per heavy atom. The second-order valence-electron chi connectivity index (χ2n) is 14.1. The van der Waals surface area contributed by atoms with Crippen molar-refractivity contribution in [1.29, 1.82) is 0 Å². The summed E-state index contributed by atoms with van der Waals surface area (Å²) in [5, 5.41) is 3.04. The summed E-state index contributed by atoms with van der Waals surface area (Å²) >= 11 is 0. The van der Waals surface area contributed by atoms with Crippen LogP contribution < -0.4 is 14.8 Å². The first-order chi connectivity index (χ1) is 23.6. The number of nitrogens with zero attached hydrogens (tertiary/aromatic N) is 3. The van der Waals surface area contributed by atoms with Gasteiger partial charge in [0.05, 0.1) is 22.0 Å². The van der Waals surface area contributed by atoms with Gasteiger partial charge in [0.25, 0.3) is 15.9 Å². The standard InChI is InChI=1S/C36H42F3N5O5S/c1-21(2)32(45)40-25-11-13-26(14-12-25)44-27(19-35(15-16-35)36(37,38)39)20-49-30-18-29(31-22(3)7-5-8-23(31)4)41-34(42-30)43-50(47,48)28-10-6-9-24(17-28)33(44)46/h5-10,17-18,21,25-27H,11-16,19-20H2,1-4H3,(H,40,45)(H,41,42,43)/t25?,26?,27-/m1/s1. The maximum Gasteiger partial charge on any atom is 0.394 e. The lowest BCUT2D eigenvalue weighted by atomic mass is 9.87. The highest BCUT2D eigenvalue weighted by atomic mass is 32.2. The monoisotopic (exact) mass is 713 g/mol. The van der Waals surface area contributed by atoms with E-state index in [-0.39, 0.29) is 66.0 Å². The number of benzene rings is 2. The molecule has 50 heavy (non-hydrogen) atoms. The topological polar surface area (TPSA) is 131 Å². The maximum absolute atomic E-state index is 14.5. The number of hydrogen-bond donors (Lipinski definition) is 2. The van der Waals surface area contributed by atoms with Gasteiger partial charge in [0, 0.05) is 35.2 Å². The highest BCUT2D eigenvalue weighted by Gasteiger charge is 2.64. The highest BCUT2D eigenvalue weighted by Crippen LogP contribution is 2.61. The Bertz CT molecular complexity index is 1870. The van der Waals surface area contributed by atoms with E-state index in [9.17, 15) is 31.2 Å². The van der Waals surface area contributed by atoms with Gasteiger partial charge in [0.2, 0.25) is 17.7 Å². The van der Waals surface area contributed by atoms with Gasteiger partial charge in [-0.1, -0.05) is 38.1 Å². The zero-order valence-corrected chi connectivity index (χ0v) is 29.3. The number of hydrogen-bond acceptors (Lipinski definition) is 7. The Balaban J connectivity index is 1.45. The molecule has 3 aromatic rings. The van der Waals surface area contributed by atoms with E-state index in [0.29, 0.717) is 31.4 Å². The summed E-state index contributed by atoms with van der Waals surface area (Å²) in [6.45, 7) is 7.05. The SMILES string of the molecule is Cc1cccc(C)c1-c1cc2nc(n1)NS(=O)(=O)c1cccc(c1)C(=O)N(C1CCC(NC(=O)C(C)C)CC1)[C@H](CC1(C(F)(F)F)CC1)CO2. The van der Waals surface area contributed by atoms with Crippen LogP contribution in [-0.4, -0.2) is 66.0 Å². The fraction of sp³-hybridized carbons (Fsp3) is 0.500. The Hall–Kier alpha value is -4.20. The van der Waals surface area contributed by atoms with Crippen molar-refractivity contribution in [3.05, 3.63) is 65.2 Å². The molecule has 2 amide bonds. The first-order valence-electron chi connectivity index (χ1n) is 17.0. The molecule has 1 aromatic heterocycles. The highest BCUT2D eigenvalue weighted by molar-refractivity contribution is 7.92. The van der Waals surface area contributed by atoms with Crippen LogP contribution in [0.15, 0.2) is 53.4 Å². The van der Waals surface area contributed by atoms with Crippen LogP contribution in [-0.2, 0) is 14.8 Å². The molecule has 3 aliphatic rings. The van der Waals surface area contributed by atoms with Crippen molar-refractivity contribution in [3.63, 3.8) is 0 Å². The molecule has 0 spiro atoms. The molecule has 0 unspecified atom stereocenters. The first kappa shape index (κ1) is 35.6. The molecule has 2 N–H and O–H groups in total. The molecule has 10 nitrogen and oxygen atoms in total. The molecular weight excluding hydrogens is 671 g/mol. The molecule has 0 radical (unpaired) electrons. The van der Waals surface area contributed by atoms with Crippen LogP contribution in [0.1, 0.15) is 80.3 Å². The van der Waals surface area contributed by atoms with Crippen LogP contribution in [0.25, 0.3) is 11.3 Å². The normalized spacial score (nSPS) is 23.1. The summed E-state index contributed by atoms with van der Waals surface area (Å²) in [5.74, 6) is -1.20. The fourth-order valence-corrected chi connectivity index (χ4v) is 8.13. The number of sulfonamides is 1. The molecule has 268 valence electrons. The maximum atomic E-state index is 14.5. The Labute approximate surface area is 290 Å². The molecule has 2 aliphatic carbocycles. The van der Waals surface area contributed by atoms with Crippen molar-refractivity contribution in [1.82, 2.24) is 20.2 Å². The molecule has 14 heteroatoms. The minimum absolute atomic E-state index is 0.0214. The van der Waals surface area contributed by atoms with E-state index in [1.165, 1.54) is 35.2 Å². The average molecular weight is 714 g/mol. The van der Waals surface area contributed by atoms with Gasteiger partial charge in [-0.2, -0.15) is 18.2 Å². The van der Waals surface area contributed by atoms with Crippen LogP contribution in [0.4, 0.5) is 19.1 Å². The number of rotatable bonds is 6. The lowest BCUT2D eigenvalue weighted by Crippen LogP contribution is -2.54. The Morgan fingerprint density at radius 3 is 2.32 bits per heavy atom. The van der Waals surface area contributed by atoms with E-state index >= 15 is 0 Å². The third kappa shape index (κ3) is 7.31. The van der Waals surface area contributed by atoms with E-state index in [1.807, 2.05) is 32.0 Å². The van der Waals surface area contributed by atoms with Gasteiger partial charge >= 0.3 is 6.18 Å². The number of halogens is 3. The number of amides is 2. The van der Waals surface area contributed by atoms with Gasteiger partial charge in [-0.15, -0.1) is 0 Å². The quantitative estimate of drug-likeness (QED) is 0.295. The number of anilines is 1. The number of fused-ring (bicyclic) bond motifs is 4. The van der Waals surface area contributed by atoms with Crippen LogP contribution in [0, 0.1) is 25.2 Å².